The lowest BCUT2D eigenvalue weighted by atomic mass is 10.0. The summed E-state index contributed by atoms with van der Waals surface area (Å²) >= 11 is 0.845. The normalized spacial score (nSPS) is 12.0. The van der Waals surface area contributed by atoms with Gasteiger partial charge in [0.05, 0.1) is 29.6 Å². The van der Waals surface area contributed by atoms with Crippen LogP contribution in [0.1, 0.15) is 31.2 Å². The molecule has 0 aliphatic heterocycles. The summed E-state index contributed by atoms with van der Waals surface area (Å²) in [6.07, 6.45) is -1.69. The fraction of sp³-hybridized carbons (Fsp3) is 0.179. The summed E-state index contributed by atoms with van der Waals surface area (Å²) in [5.74, 6) is 0.300. The number of carbonyl (C=O) groups is 1. The lowest BCUT2D eigenvalue weighted by molar-refractivity contribution is -0.274. The zero-order valence-electron chi connectivity index (χ0n) is 22.1. The number of fused-ring (bicyclic) bond motifs is 3. The van der Waals surface area contributed by atoms with Crippen LogP contribution in [-0.4, -0.2) is 38.4 Å². The van der Waals surface area contributed by atoms with Crippen molar-refractivity contribution in [1.29, 1.82) is 0 Å². The van der Waals surface area contributed by atoms with Crippen LogP contribution in [0.5, 0.6) is 5.75 Å². The zero-order valence-corrected chi connectivity index (χ0v) is 22.9. The van der Waals surface area contributed by atoms with E-state index in [1.807, 2.05) is 36.4 Å². The molecule has 0 spiro atoms. The topological polar surface area (TPSA) is 106 Å². The molecule has 0 unspecified atom stereocenters. The van der Waals surface area contributed by atoms with Crippen molar-refractivity contribution in [2.45, 2.75) is 26.1 Å². The average molecular weight is 580 g/mol. The predicted octanol–water partition coefficient (Wildman–Crippen LogP) is 7.01. The van der Waals surface area contributed by atoms with Crippen molar-refractivity contribution in [3.8, 4) is 17.0 Å². The van der Waals surface area contributed by atoms with Gasteiger partial charge < -0.3 is 10.1 Å². The number of aromatic nitrogens is 4. The smallest absolute Gasteiger partial charge is 0.406 e. The molecular weight excluding hydrogens is 555 g/mol. The number of para-hydroxylation sites is 1. The summed E-state index contributed by atoms with van der Waals surface area (Å²) in [4.78, 5) is 21.2. The Labute approximate surface area is 237 Å². The molecule has 5 aromatic rings. The number of urea groups is 1. The molecule has 210 valence electrons. The number of nitrogens with one attached hydrogen (secondary N) is 2. The zero-order chi connectivity index (χ0) is 29.1. The molecule has 9 nitrogen and oxygen atoms in total. The number of aryl methyl sites for hydroxylation is 1. The summed E-state index contributed by atoms with van der Waals surface area (Å²) in [5.41, 5.74) is 4.45. The molecule has 5 rings (SSSR count). The van der Waals surface area contributed by atoms with E-state index in [0.29, 0.717) is 27.8 Å². The number of halogens is 3. The molecule has 0 saturated heterocycles. The number of ether oxygens (including phenoxy) is 1. The molecule has 2 heterocycles. The van der Waals surface area contributed by atoms with Gasteiger partial charge in [-0.25, -0.2) is 14.8 Å². The van der Waals surface area contributed by atoms with E-state index >= 15 is 0 Å². The average Bonchev–Trinajstić information content (AvgIpc) is 3.27. The van der Waals surface area contributed by atoms with Crippen molar-refractivity contribution in [2.75, 3.05) is 5.32 Å². The van der Waals surface area contributed by atoms with Crippen molar-refractivity contribution in [1.82, 2.24) is 24.5 Å². The van der Waals surface area contributed by atoms with Gasteiger partial charge in [0.15, 0.2) is 5.82 Å². The molecule has 0 fully saturated rings. The van der Waals surface area contributed by atoms with Gasteiger partial charge in [0.1, 0.15) is 11.3 Å². The molecule has 0 aliphatic rings. The quantitative estimate of drug-likeness (QED) is 0.159. The van der Waals surface area contributed by atoms with Crippen LogP contribution in [0.15, 0.2) is 71.3 Å². The van der Waals surface area contributed by atoms with E-state index in [4.69, 9.17) is 0 Å². The van der Waals surface area contributed by atoms with Gasteiger partial charge in [0.25, 0.3) is 0 Å². The van der Waals surface area contributed by atoms with E-state index in [1.54, 1.807) is 30.1 Å². The fourth-order valence-corrected chi connectivity index (χ4v) is 4.73. The van der Waals surface area contributed by atoms with Crippen molar-refractivity contribution < 1.29 is 22.7 Å². The van der Waals surface area contributed by atoms with E-state index in [9.17, 15) is 18.0 Å². The van der Waals surface area contributed by atoms with Gasteiger partial charge in [0.2, 0.25) is 0 Å². The minimum Gasteiger partial charge on any atom is -0.406 e. The Morgan fingerprint density at radius 3 is 2.56 bits per heavy atom. The van der Waals surface area contributed by atoms with Crippen molar-refractivity contribution >= 4 is 51.9 Å². The highest BCUT2D eigenvalue weighted by molar-refractivity contribution is 7.96. The molecule has 0 bridgehead atoms. The molecule has 0 radical (unpaired) electrons. The van der Waals surface area contributed by atoms with Crippen LogP contribution < -0.4 is 14.8 Å². The summed E-state index contributed by atoms with van der Waals surface area (Å²) in [5, 5.41) is 8.93. The predicted molar refractivity (Wildman–Crippen MR) is 154 cm³/mol. The monoisotopic (exact) mass is 579 g/mol. The van der Waals surface area contributed by atoms with Gasteiger partial charge in [-0.05, 0) is 53.9 Å². The summed E-state index contributed by atoms with van der Waals surface area (Å²) in [6.45, 7) is 4.11. The van der Waals surface area contributed by atoms with Gasteiger partial charge in [0, 0.05) is 35.3 Å². The van der Waals surface area contributed by atoms with Crippen LogP contribution >= 0.6 is 12.1 Å². The summed E-state index contributed by atoms with van der Waals surface area (Å²) in [6, 6.07) is 16.5. The lowest BCUT2D eigenvalue weighted by Crippen LogP contribution is -2.23. The molecule has 0 saturated carbocycles. The number of hydrogen-bond donors (Lipinski definition) is 2. The maximum atomic E-state index is 12.5. The first kappa shape index (κ1) is 27.9. The second-order valence-corrected chi connectivity index (χ2v) is 9.89. The number of carbonyl (C=O) groups excluding carboxylic acids is 1. The molecule has 0 aliphatic carbocycles. The first-order valence-corrected chi connectivity index (χ1v) is 13.2. The molecule has 3 aromatic carbocycles. The third-order valence-corrected chi connectivity index (χ3v) is 6.62. The number of anilines is 1. The second-order valence-electron chi connectivity index (χ2n) is 9.29. The van der Waals surface area contributed by atoms with E-state index in [1.165, 1.54) is 18.3 Å². The molecule has 2 aromatic heterocycles. The number of nitrogens with zero attached hydrogens (tertiary/aromatic N) is 5. The highest BCUT2D eigenvalue weighted by Gasteiger charge is 2.31. The van der Waals surface area contributed by atoms with Gasteiger partial charge in [-0.2, -0.15) is 9.50 Å². The maximum Gasteiger partial charge on any atom is 0.573 e. The number of amides is 2. The molecule has 2 N–H and O–H groups in total. The van der Waals surface area contributed by atoms with Crippen LogP contribution in [0.3, 0.4) is 0 Å². The van der Waals surface area contributed by atoms with Crippen LogP contribution in [-0.2, 0) is 7.05 Å². The van der Waals surface area contributed by atoms with Gasteiger partial charge in [-0.15, -0.1) is 13.2 Å². The van der Waals surface area contributed by atoms with E-state index < -0.39 is 12.4 Å². The van der Waals surface area contributed by atoms with E-state index in [-0.39, 0.29) is 11.7 Å². The van der Waals surface area contributed by atoms with Crippen LogP contribution in [0, 0.1) is 0 Å². The van der Waals surface area contributed by atoms with Gasteiger partial charge in [-0.3, -0.25) is 9.40 Å². The second kappa shape index (κ2) is 11.5. The minimum atomic E-state index is -4.76. The van der Waals surface area contributed by atoms with Crippen molar-refractivity contribution in [2.24, 2.45) is 11.4 Å². The largest absolute Gasteiger partial charge is 0.573 e. The third kappa shape index (κ3) is 6.40. The molecule has 2 amide bonds. The van der Waals surface area contributed by atoms with Crippen molar-refractivity contribution in [3.05, 3.63) is 78.2 Å². The van der Waals surface area contributed by atoms with Crippen LogP contribution in [0.25, 0.3) is 33.1 Å². The van der Waals surface area contributed by atoms with Gasteiger partial charge >= 0.3 is 12.4 Å². The number of benzene rings is 3. The SMILES string of the molecule is CC(C)c1ccccc1NC(=O)NSN=Cc1ncc2c(ccc3c(-c4ccc(OC(F)(F)F)cc4)n(C)nc32)n1. The fourth-order valence-electron chi connectivity index (χ4n) is 4.40. The Morgan fingerprint density at radius 1 is 1.07 bits per heavy atom. The number of rotatable bonds is 7. The van der Waals surface area contributed by atoms with Gasteiger partial charge in [-0.1, -0.05) is 32.0 Å². The molecule has 41 heavy (non-hydrogen) atoms. The van der Waals surface area contributed by atoms with E-state index in [2.05, 4.69) is 48.1 Å². The highest BCUT2D eigenvalue weighted by atomic mass is 32.2. The standard InChI is InChI=1S/C28H24F3N7O2S/c1-16(2)19-6-4-5-7-22(19)35-27(39)37-41-33-15-24-32-14-21-23(34-24)13-12-20-25(21)36-38(3)26(20)17-8-10-18(11-9-17)40-28(29,30)31/h4-16H,1-3H3,(H2,35,37,39). The Bertz CT molecular complexity index is 1750. The highest BCUT2D eigenvalue weighted by Crippen LogP contribution is 2.33. The van der Waals surface area contributed by atoms with Crippen LogP contribution in [0.4, 0.5) is 23.7 Å². The first-order valence-electron chi connectivity index (χ1n) is 12.4. The lowest BCUT2D eigenvalue weighted by Gasteiger charge is -2.13. The maximum absolute atomic E-state index is 12.5. The minimum absolute atomic E-state index is 0.259. The molecule has 13 heteroatoms. The third-order valence-electron chi connectivity index (χ3n) is 6.14. The number of hydrogen-bond acceptors (Lipinski definition) is 7. The van der Waals surface area contributed by atoms with E-state index in [0.717, 1.165) is 34.5 Å². The Morgan fingerprint density at radius 2 is 1.83 bits per heavy atom. The van der Waals surface area contributed by atoms with Crippen LogP contribution in [0.2, 0.25) is 0 Å². The Balaban J connectivity index is 1.29. The van der Waals surface area contributed by atoms with Crippen molar-refractivity contribution in [3.63, 3.8) is 0 Å². The first-order chi connectivity index (χ1) is 19.6. The molecule has 0 atom stereocenters. The summed E-state index contributed by atoms with van der Waals surface area (Å²) < 4.78 is 49.9. The Kier molecular flexibility index (Phi) is 7.79. The number of alkyl halides is 3. The summed E-state index contributed by atoms with van der Waals surface area (Å²) in [7, 11) is 1.75. The Hall–Kier alpha value is -4.65. The molecular formula is C28H24F3N7O2S.